The maximum absolute atomic E-state index is 5.98. The monoisotopic (exact) mass is 421 g/mol. The number of imidazole rings is 1. The van der Waals surface area contributed by atoms with Crippen molar-refractivity contribution in [3.8, 4) is 11.4 Å². The third kappa shape index (κ3) is 6.58. The Morgan fingerprint density at radius 2 is 1.87 bits per heavy atom. The van der Waals surface area contributed by atoms with Crippen LogP contribution in [0.5, 0.6) is 5.75 Å². The fraction of sp³-hybridized carbons (Fsp3) is 0.333. The van der Waals surface area contributed by atoms with Gasteiger partial charge in [0.15, 0.2) is 5.96 Å². The lowest BCUT2D eigenvalue weighted by Gasteiger charge is -2.16. The first-order valence-corrected chi connectivity index (χ1v) is 10.4. The van der Waals surface area contributed by atoms with Gasteiger partial charge < -0.3 is 24.7 Å². The van der Waals surface area contributed by atoms with Crippen LogP contribution in [0.1, 0.15) is 23.1 Å². The van der Waals surface area contributed by atoms with E-state index in [-0.39, 0.29) is 0 Å². The van der Waals surface area contributed by atoms with Gasteiger partial charge in [-0.3, -0.25) is 4.99 Å². The Hall–Kier alpha value is -3.32. The van der Waals surface area contributed by atoms with Crippen LogP contribution in [0.25, 0.3) is 5.69 Å². The zero-order chi connectivity index (χ0) is 21.9. The van der Waals surface area contributed by atoms with Gasteiger partial charge in [-0.15, -0.1) is 0 Å². The molecule has 164 valence electrons. The van der Waals surface area contributed by atoms with Gasteiger partial charge in [-0.05, 0) is 30.2 Å². The fourth-order valence-electron chi connectivity index (χ4n) is 3.22. The van der Waals surface area contributed by atoms with Gasteiger partial charge in [-0.25, -0.2) is 4.98 Å². The first-order valence-electron chi connectivity index (χ1n) is 10.4. The number of hydrogen-bond donors (Lipinski definition) is 2. The van der Waals surface area contributed by atoms with Crippen molar-refractivity contribution in [2.75, 3.05) is 27.4 Å². The molecule has 0 unspecified atom stereocenters. The Morgan fingerprint density at radius 3 is 2.61 bits per heavy atom. The number of aliphatic imine (C=N–C) groups is 1. The molecule has 3 rings (SSSR count). The van der Waals surface area contributed by atoms with E-state index < -0.39 is 0 Å². The Balaban J connectivity index is 1.60. The lowest BCUT2D eigenvalue weighted by Crippen LogP contribution is -2.36. The van der Waals surface area contributed by atoms with Crippen molar-refractivity contribution in [2.24, 2.45) is 4.99 Å². The van der Waals surface area contributed by atoms with Crippen molar-refractivity contribution < 1.29 is 9.47 Å². The largest absolute Gasteiger partial charge is 0.493 e. The summed E-state index contributed by atoms with van der Waals surface area (Å²) in [6.07, 6.45) is 6.38. The number of nitrogens with one attached hydrogen (secondary N) is 2. The van der Waals surface area contributed by atoms with Crippen LogP contribution in [-0.2, 0) is 17.8 Å². The first kappa shape index (κ1) is 22.4. The molecule has 1 aromatic heterocycles. The number of hydrogen-bond acceptors (Lipinski definition) is 4. The van der Waals surface area contributed by atoms with E-state index in [4.69, 9.17) is 9.47 Å². The molecule has 3 aromatic rings. The lowest BCUT2D eigenvalue weighted by molar-refractivity contribution is 0.171. The molecular formula is C24H31N5O2. The number of rotatable bonds is 10. The summed E-state index contributed by atoms with van der Waals surface area (Å²) in [5, 5.41) is 6.78. The summed E-state index contributed by atoms with van der Waals surface area (Å²) in [6.45, 7) is 4.64. The molecule has 0 spiro atoms. The number of para-hydroxylation sites is 1. The Kier molecular flexibility index (Phi) is 8.48. The molecule has 0 fully saturated rings. The zero-order valence-electron chi connectivity index (χ0n) is 18.5. The molecule has 2 aromatic carbocycles. The van der Waals surface area contributed by atoms with Crippen molar-refractivity contribution in [1.29, 1.82) is 0 Å². The van der Waals surface area contributed by atoms with Gasteiger partial charge in [-0.2, -0.15) is 0 Å². The van der Waals surface area contributed by atoms with Crippen LogP contribution >= 0.6 is 0 Å². The normalized spacial score (nSPS) is 11.4. The highest BCUT2D eigenvalue weighted by atomic mass is 16.5. The number of aromatic nitrogens is 2. The highest BCUT2D eigenvalue weighted by molar-refractivity contribution is 5.79. The van der Waals surface area contributed by atoms with Crippen LogP contribution in [0.15, 0.2) is 66.2 Å². The first-order chi connectivity index (χ1) is 15.2. The van der Waals surface area contributed by atoms with Crippen molar-refractivity contribution >= 4 is 5.96 Å². The number of guanidine groups is 1. The molecule has 0 saturated heterocycles. The smallest absolute Gasteiger partial charge is 0.191 e. The Bertz CT molecular complexity index is 970. The van der Waals surface area contributed by atoms with Crippen molar-refractivity contribution in [3.05, 3.63) is 77.9 Å². The average Bonchev–Trinajstić information content (AvgIpc) is 3.33. The quantitative estimate of drug-likeness (QED) is 0.298. The van der Waals surface area contributed by atoms with Crippen LogP contribution in [0.2, 0.25) is 0 Å². The summed E-state index contributed by atoms with van der Waals surface area (Å²) in [7, 11) is 3.48. The minimum atomic E-state index is 0.614. The Morgan fingerprint density at radius 1 is 1.06 bits per heavy atom. The van der Waals surface area contributed by atoms with Crippen LogP contribution in [0, 0.1) is 6.92 Å². The number of nitrogens with zero attached hydrogens (tertiary/aromatic N) is 3. The van der Waals surface area contributed by atoms with Crippen LogP contribution in [-0.4, -0.2) is 42.9 Å². The molecule has 0 atom stereocenters. The van der Waals surface area contributed by atoms with Gasteiger partial charge in [-0.1, -0.05) is 30.3 Å². The molecule has 0 amide bonds. The predicted octanol–water partition coefficient (Wildman–Crippen LogP) is 3.46. The molecule has 31 heavy (non-hydrogen) atoms. The van der Waals surface area contributed by atoms with Gasteiger partial charge in [0.05, 0.1) is 18.6 Å². The van der Waals surface area contributed by atoms with E-state index in [0.717, 1.165) is 34.9 Å². The molecule has 1 heterocycles. The molecule has 0 bridgehead atoms. The topological polar surface area (TPSA) is 72.7 Å². The number of ether oxygens (including phenoxy) is 2. The van der Waals surface area contributed by atoms with Crippen molar-refractivity contribution in [2.45, 2.75) is 26.4 Å². The van der Waals surface area contributed by atoms with E-state index in [9.17, 15) is 0 Å². The molecule has 2 N–H and O–H groups in total. The summed E-state index contributed by atoms with van der Waals surface area (Å²) >= 11 is 0. The second-order valence-electron chi connectivity index (χ2n) is 7.18. The van der Waals surface area contributed by atoms with E-state index in [1.807, 2.05) is 22.9 Å². The highest BCUT2D eigenvalue weighted by Crippen LogP contribution is 2.20. The van der Waals surface area contributed by atoms with Crippen LogP contribution < -0.4 is 15.4 Å². The SMILES string of the molecule is CN=C(NCc1ccc(C)cc1OCCCOC)NCc1ccccc1-n1ccnc1. The second-order valence-corrected chi connectivity index (χ2v) is 7.18. The van der Waals surface area contributed by atoms with E-state index in [1.54, 1.807) is 26.7 Å². The standard InChI is InChI=1S/C24H31N5O2/c1-19-9-10-21(23(15-19)31-14-6-13-30-3)17-28-24(25-2)27-16-20-7-4-5-8-22(20)29-12-11-26-18-29/h4-5,7-12,15,18H,6,13-14,16-17H2,1-3H3,(H2,25,27,28). The summed E-state index contributed by atoms with van der Waals surface area (Å²) < 4.78 is 13.1. The Labute approximate surface area is 184 Å². The number of methoxy groups -OCH3 is 1. The van der Waals surface area contributed by atoms with Gasteiger partial charge >= 0.3 is 0 Å². The molecular weight excluding hydrogens is 390 g/mol. The molecule has 0 aliphatic heterocycles. The highest BCUT2D eigenvalue weighted by Gasteiger charge is 2.08. The molecule has 7 nitrogen and oxygen atoms in total. The molecule has 0 radical (unpaired) electrons. The number of benzene rings is 2. The molecule has 0 saturated carbocycles. The predicted molar refractivity (Wildman–Crippen MR) is 124 cm³/mol. The summed E-state index contributed by atoms with van der Waals surface area (Å²) in [6, 6.07) is 14.5. The fourth-order valence-corrected chi connectivity index (χ4v) is 3.22. The zero-order valence-corrected chi connectivity index (χ0v) is 18.5. The molecule has 0 aliphatic carbocycles. The van der Waals surface area contributed by atoms with E-state index in [1.165, 1.54) is 5.56 Å². The summed E-state index contributed by atoms with van der Waals surface area (Å²) in [5.41, 5.74) is 4.50. The minimum Gasteiger partial charge on any atom is -0.493 e. The maximum atomic E-state index is 5.98. The van der Waals surface area contributed by atoms with Gasteiger partial charge in [0.25, 0.3) is 0 Å². The van der Waals surface area contributed by atoms with E-state index in [2.05, 4.69) is 57.9 Å². The average molecular weight is 422 g/mol. The van der Waals surface area contributed by atoms with E-state index in [0.29, 0.717) is 26.3 Å². The van der Waals surface area contributed by atoms with Gasteiger partial charge in [0.1, 0.15) is 5.75 Å². The van der Waals surface area contributed by atoms with Gasteiger partial charge in [0, 0.05) is 58.2 Å². The molecule has 7 heteroatoms. The van der Waals surface area contributed by atoms with Crippen molar-refractivity contribution in [3.63, 3.8) is 0 Å². The second kappa shape index (κ2) is 11.8. The third-order valence-electron chi connectivity index (χ3n) is 4.86. The van der Waals surface area contributed by atoms with Gasteiger partial charge in [0.2, 0.25) is 0 Å². The van der Waals surface area contributed by atoms with Crippen LogP contribution in [0.3, 0.4) is 0 Å². The maximum Gasteiger partial charge on any atom is 0.191 e. The number of aryl methyl sites for hydroxylation is 1. The van der Waals surface area contributed by atoms with E-state index >= 15 is 0 Å². The van der Waals surface area contributed by atoms with Crippen molar-refractivity contribution in [1.82, 2.24) is 20.2 Å². The van der Waals surface area contributed by atoms with Crippen LogP contribution in [0.4, 0.5) is 0 Å². The third-order valence-corrected chi connectivity index (χ3v) is 4.86. The lowest BCUT2D eigenvalue weighted by atomic mass is 10.1. The summed E-state index contributed by atoms with van der Waals surface area (Å²) in [4.78, 5) is 8.51. The summed E-state index contributed by atoms with van der Waals surface area (Å²) in [5.74, 6) is 1.62. The molecule has 0 aliphatic rings. The minimum absolute atomic E-state index is 0.614.